The zero-order valence-corrected chi connectivity index (χ0v) is 11.2. The first-order valence-electron chi connectivity index (χ1n) is 6.54. The Morgan fingerprint density at radius 1 is 1.14 bits per heavy atom. The van der Waals surface area contributed by atoms with E-state index in [2.05, 4.69) is 0 Å². The highest BCUT2D eigenvalue weighted by Crippen LogP contribution is 2.35. The van der Waals surface area contributed by atoms with E-state index in [1.54, 1.807) is 42.5 Å². The van der Waals surface area contributed by atoms with Crippen molar-refractivity contribution in [2.45, 2.75) is 12.3 Å². The first-order chi connectivity index (χ1) is 10.1. The normalized spacial score (nSPS) is 13.9. The lowest BCUT2D eigenvalue weighted by Gasteiger charge is -2.13. The number of carboxylic acid groups (broad SMARTS) is 1. The zero-order chi connectivity index (χ0) is 14.8. The zero-order valence-electron chi connectivity index (χ0n) is 11.2. The summed E-state index contributed by atoms with van der Waals surface area (Å²) in [6, 6.07) is 11.8. The topological polar surface area (TPSA) is 76.0 Å². The number of benzene rings is 2. The molecule has 0 radical (unpaired) electrons. The second-order valence-electron chi connectivity index (χ2n) is 4.88. The highest BCUT2D eigenvalue weighted by Gasteiger charge is 2.23. The first kappa shape index (κ1) is 13.3. The van der Waals surface area contributed by atoms with Crippen molar-refractivity contribution in [2.75, 3.05) is 6.79 Å². The molecule has 2 aromatic rings. The van der Waals surface area contributed by atoms with E-state index in [1.165, 1.54) is 0 Å². The van der Waals surface area contributed by atoms with Crippen LogP contribution in [0.5, 0.6) is 17.2 Å². The number of phenolic OH excluding ortho intramolecular Hbond substituents is 1. The number of phenols is 1. The SMILES string of the molecule is O=C(O)C(Cc1cccc(O)c1)c1ccc2c(c1)OCO2. The minimum absolute atomic E-state index is 0.127. The lowest BCUT2D eigenvalue weighted by atomic mass is 9.92. The maximum Gasteiger partial charge on any atom is 0.311 e. The van der Waals surface area contributed by atoms with E-state index in [1.807, 2.05) is 0 Å². The van der Waals surface area contributed by atoms with Gasteiger partial charge in [0.15, 0.2) is 11.5 Å². The van der Waals surface area contributed by atoms with E-state index in [9.17, 15) is 15.0 Å². The van der Waals surface area contributed by atoms with Gasteiger partial charge in [0.1, 0.15) is 5.75 Å². The Hall–Kier alpha value is -2.69. The minimum Gasteiger partial charge on any atom is -0.508 e. The van der Waals surface area contributed by atoms with Crippen LogP contribution in [-0.4, -0.2) is 23.0 Å². The fourth-order valence-corrected chi connectivity index (χ4v) is 2.40. The van der Waals surface area contributed by atoms with Crippen molar-refractivity contribution in [1.29, 1.82) is 0 Å². The molecule has 0 saturated heterocycles. The van der Waals surface area contributed by atoms with Gasteiger partial charge in [-0.3, -0.25) is 4.79 Å². The molecule has 1 aliphatic heterocycles. The predicted octanol–water partition coefficient (Wildman–Crippen LogP) is 2.53. The predicted molar refractivity (Wildman–Crippen MR) is 74.8 cm³/mol. The fraction of sp³-hybridized carbons (Fsp3) is 0.188. The molecule has 21 heavy (non-hydrogen) atoms. The van der Waals surface area contributed by atoms with Crippen LogP contribution in [0.25, 0.3) is 0 Å². The number of carbonyl (C=O) groups is 1. The summed E-state index contributed by atoms with van der Waals surface area (Å²) in [6.07, 6.45) is 0.295. The molecule has 1 unspecified atom stereocenters. The van der Waals surface area contributed by atoms with Crippen LogP contribution >= 0.6 is 0 Å². The molecular formula is C16H14O5. The van der Waals surface area contributed by atoms with E-state index in [0.29, 0.717) is 23.5 Å². The van der Waals surface area contributed by atoms with Crippen LogP contribution in [0.3, 0.4) is 0 Å². The Morgan fingerprint density at radius 3 is 2.71 bits per heavy atom. The van der Waals surface area contributed by atoms with Crippen molar-refractivity contribution in [1.82, 2.24) is 0 Å². The molecule has 1 heterocycles. The number of hydrogen-bond acceptors (Lipinski definition) is 4. The molecule has 0 spiro atoms. The first-order valence-corrected chi connectivity index (χ1v) is 6.54. The van der Waals surface area contributed by atoms with Crippen molar-refractivity contribution >= 4 is 5.97 Å². The lowest BCUT2D eigenvalue weighted by Crippen LogP contribution is -2.14. The molecule has 3 rings (SSSR count). The van der Waals surface area contributed by atoms with Crippen molar-refractivity contribution < 1.29 is 24.5 Å². The maximum atomic E-state index is 11.6. The molecule has 0 fully saturated rings. The van der Waals surface area contributed by atoms with Gasteiger partial charge in [0.05, 0.1) is 5.92 Å². The summed E-state index contributed by atoms with van der Waals surface area (Å²) in [6.45, 7) is 0.156. The fourth-order valence-electron chi connectivity index (χ4n) is 2.40. The molecule has 0 saturated carbocycles. The van der Waals surface area contributed by atoms with E-state index in [0.717, 1.165) is 5.56 Å². The Bertz CT molecular complexity index is 680. The van der Waals surface area contributed by atoms with Gasteiger partial charge in [-0.2, -0.15) is 0 Å². The molecule has 0 aromatic heterocycles. The van der Waals surface area contributed by atoms with Crippen molar-refractivity contribution in [3.63, 3.8) is 0 Å². The van der Waals surface area contributed by atoms with E-state index < -0.39 is 11.9 Å². The van der Waals surface area contributed by atoms with Crippen LogP contribution in [0.15, 0.2) is 42.5 Å². The summed E-state index contributed by atoms with van der Waals surface area (Å²) in [5, 5.41) is 18.9. The average Bonchev–Trinajstić information content (AvgIpc) is 2.92. The lowest BCUT2D eigenvalue weighted by molar-refractivity contribution is -0.138. The Balaban J connectivity index is 1.89. The number of aliphatic carboxylic acids is 1. The third-order valence-electron chi connectivity index (χ3n) is 3.45. The highest BCUT2D eigenvalue weighted by atomic mass is 16.7. The van der Waals surface area contributed by atoms with Crippen LogP contribution in [-0.2, 0) is 11.2 Å². The summed E-state index contributed by atoms with van der Waals surface area (Å²) >= 11 is 0. The van der Waals surface area contributed by atoms with Gasteiger partial charge in [0.25, 0.3) is 0 Å². The summed E-state index contributed by atoms with van der Waals surface area (Å²) in [5.74, 6) is -0.310. The van der Waals surface area contributed by atoms with Crippen molar-refractivity contribution in [3.8, 4) is 17.2 Å². The molecule has 108 valence electrons. The largest absolute Gasteiger partial charge is 0.508 e. The number of hydrogen-bond donors (Lipinski definition) is 2. The molecule has 5 nitrogen and oxygen atoms in total. The van der Waals surface area contributed by atoms with Gasteiger partial charge in [-0.1, -0.05) is 18.2 Å². The molecule has 1 atom stereocenters. The summed E-state index contributed by atoms with van der Waals surface area (Å²) in [4.78, 5) is 11.6. The van der Waals surface area contributed by atoms with Crippen LogP contribution in [0, 0.1) is 0 Å². The molecule has 0 aliphatic carbocycles. The van der Waals surface area contributed by atoms with Crippen LogP contribution < -0.4 is 9.47 Å². The molecule has 0 bridgehead atoms. The number of rotatable bonds is 4. The molecule has 0 amide bonds. The molecule has 2 N–H and O–H groups in total. The van der Waals surface area contributed by atoms with Gasteiger partial charge in [-0.25, -0.2) is 0 Å². The average molecular weight is 286 g/mol. The van der Waals surface area contributed by atoms with E-state index in [4.69, 9.17) is 9.47 Å². The number of ether oxygens (including phenoxy) is 2. The van der Waals surface area contributed by atoms with Crippen LogP contribution in [0.2, 0.25) is 0 Å². The van der Waals surface area contributed by atoms with Gasteiger partial charge < -0.3 is 19.7 Å². The highest BCUT2D eigenvalue weighted by molar-refractivity contribution is 5.77. The maximum absolute atomic E-state index is 11.6. The second kappa shape index (κ2) is 5.36. The number of carboxylic acids is 1. The van der Waals surface area contributed by atoms with Gasteiger partial charge in [-0.05, 0) is 41.8 Å². The molecule has 1 aliphatic rings. The van der Waals surface area contributed by atoms with Crippen molar-refractivity contribution in [2.24, 2.45) is 0 Å². The van der Waals surface area contributed by atoms with Gasteiger partial charge in [0, 0.05) is 0 Å². The van der Waals surface area contributed by atoms with E-state index >= 15 is 0 Å². The van der Waals surface area contributed by atoms with Crippen LogP contribution in [0.1, 0.15) is 17.0 Å². The Morgan fingerprint density at radius 2 is 1.95 bits per heavy atom. The van der Waals surface area contributed by atoms with Crippen molar-refractivity contribution in [3.05, 3.63) is 53.6 Å². The molecule has 2 aromatic carbocycles. The monoisotopic (exact) mass is 286 g/mol. The smallest absolute Gasteiger partial charge is 0.311 e. The third-order valence-corrected chi connectivity index (χ3v) is 3.45. The van der Waals surface area contributed by atoms with Gasteiger partial charge in [0.2, 0.25) is 6.79 Å². The minimum atomic E-state index is -0.919. The summed E-state index contributed by atoms with van der Waals surface area (Å²) < 4.78 is 10.5. The van der Waals surface area contributed by atoms with Gasteiger partial charge in [-0.15, -0.1) is 0 Å². The Labute approximate surface area is 121 Å². The Kier molecular flexibility index (Phi) is 3.39. The number of fused-ring (bicyclic) bond motifs is 1. The standard InChI is InChI=1S/C16H14O5/c17-12-3-1-2-10(6-12)7-13(16(18)19)11-4-5-14-15(8-11)21-9-20-14/h1-6,8,13,17H,7,9H2,(H,18,19). The van der Waals surface area contributed by atoms with Gasteiger partial charge >= 0.3 is 5.97 Å². The second-order valence-corrected chi connectivity index (χ2v) is 4.88. The van der Waals surface area contributed by atoms with Crippen LogP contribution in [0.4, 0.5) is 0 Å². The third kappa shape index (κ3) is 2.76. The molecule has 5 heteroatoms. The number of aromatic hydroxyl groups is 1. The van der Waals surface area contributed by atoms with E-state index in [-0.39, 0.29) is 12.5 Å². The summed E-state index contributed by atoms with van der Waals surface area (Å²) in [7, 11) is 0. The molecular weight excluding hydrogens is 272 g/mol. The quantitative estimate of drug-likeness (QED) is 0.903. The summed E-state index contributed by atoms with van der Waals surface area (Å²) in [5.41, 5.74) is 1.41.